The smallest absolute Gasteiger partial charge is 0.227 e. The molecule has 16 heavy (non-hydrogen) atoms. The van der Waals surface area contributed by atoms with Crippen molar-refractivity contribution in [2.45, 2.75) is 6.42 Å². The van der Waals surface area contributed by atoms with E-state index in [2.05, 4.69) is 33.5 Å². The van der Waals surface area contributed by atoms with Gasteiger partial charge in [0.25, 0.3) is 0 Å². The SMILES string of the molecule is O=C1CC(CS)CN1c1cnc(Cl)c(Br)c1. The Morgan fingerprint density at radius 2 is 2.44 bits per heavy atom. The van der Waals surface area contributed by atoms with Crippen molar-refractivity contribution in [1.29, 1.82) is 0 Å². The van der Waals surface area contributed by atoms with E-state index in [4.69, 9.17) is 11.6 Å². The Balaban J connectivity index is 2.24. The average molecular weight is 322 g/mol. The first-order chi connectivity index (χ1) is 7.61. The molecule has 1 saturated heterocycles. The molecule has 1 aromatic rings. The summed E-state index contributed by atoms with van der Waals surface area (Å²) in [4.78, 5) is 17.5. The summed E-state index contributed by atoms with van der Waals surface area (Å²) in [5, 5.41) is 0.404. The van der Waals surface area contributed by atoms with Crippen molar-refractivity contribution in [3.05, 3.63) is 21.9 Å². The Morgan fingerprint density at radius 3 is 3.00 bits per heavy atom. The molecule has 1 amide bonds. The number of hydrogen-bond donors (Lipinski definition) is 1. The number of hydrogen-bond acceptors (Lipinski definition) is 3. The van der Waals surface area contributed by atoms with Crippen LogP contribution in [0.25, 0.3) is 0 Å². The van der Waals surface area contributed by atoms with Crippen LogP contribution in [0.4, 0.5) is 5.69 Å². The summed E-state index contributed by atoms with van der Waals surface area (Å²) in [6, 6.07) is 1.81. The fourth-order valence-electron chi connectivity index (χ4n) is 1.71. The molecule has 0 radical (unpaired) electrons. The van der Waals surface area contributed by atoms with Crippen LogP contribution in [0.5, 0.6) is 0 Å². The van der Waals surface area contributed by atoms with Crippen LogP contribution in [0.3, 0.4) is 0 Å². The normalized spacial score (nSPS) is 20.6. The molecule has 86 valence electrons. The lowest BCUT2D eigenvalue weighted by atomic mass is 10.1. The highest BCUT2D eigenvalue weighted by atomic mass is 79.9. The third kappa shape index (κ3) is 2.36. The number of pyridine rings is 1. The molecule has 2 rings (SSSR count). The lowest BCUT2D eigenvalue weighted by Crippen LogP contribution is -2.24. The minimum absolute atomic E-state index is 0.120. The first kappa shape index (κ1) is 12.2. The molecule has 1 aliphatic heterocycles. The van der Waals surface area contributed by atoms with E-state index in [0.29, 0.717) is 28.5 Å². The van der Waals surface area contributed by atoms with E-state index in [1.165, 1.54) is 0 Å². The molecule has 0 spiro atoms. The van der Waals surface area contributed by atoms with Crippen molar-refractivity contribution in [3.8, 4) is 0 Å². The van der Waals surface area contributed by atoms with Crippen LogP contribution >= 0.6 is 40.2 Å². The number of nitrogens with zero attached hydrogens (tertiary/aromatic N) is 2. The van der Waals surface area contributed by atoms with E-state index in [-0.39, 0.29) is 5.91 Å². The largest absolute Gasteiger partial charge is 0.311 e. The minimum atomic E-state index is 0.120. The molecule has 2 heterocycles. The van der Waals surface area contributed by atoms with Crippen LogP contribution in [-0.4, -0.2) is 23.2 Å². The van der Waals surface area contributed by atoms with E-state index >= 15 is 0 Å². The van der Waals surface area contributed by atoms with E-state index in [1.807, 2.05) is 6.07 Å². The molecule has 1 aliphatic rings. The van der Waals surface area contributed by atoms with Crippen LogP contribution in [-0.2, 0) is 4.79 Å². The highest BCUT2D eigenvalue weighted by Gasteiger charge is 2.29. The summed E-state index contributed by atoms with van der Waals surface area (Å²) in [5.41, 5.74) is 0.783. The van der Waals surface area contributed by atoms with Gasteiger partial charge in [0.2, 0.25) is 5.91 Å². The third-order valence-electron chi connectivity index (χ3n) is 2.56. The zero-order chi connectivity index (χ0) is 11.7. The number of amides is 1. The maximum Gasteiger partial charge on any atom is 0.227 e. The monoisotopic (exact) mass is 320 g/mol. The van der Waals surface area contributed by atoms with Gasteiger partial charge in [0.1, 0.15) is 5.15 Å². The fraction of sp³-hybridized carbons (Fsp3) is 0.400. The van der Waals surface area contributed by atoms with Crippen LogP contribution in [0.1, 0.15) is 6.42 Å². The summed E-state index contributed by atoms with van der Waals surface area (Å²) < 4.78 is 0.703. The predicted octanol–water partition coefficient (Wildman–Crippen LogP) is 2.78. The van der Waals surface area contributed by atoms with Gasteiger partial charge in [0.05, 0.1) is 16.4 Å². The van der Waals surface area contributed by atoms with E-state index in [1.54, 1.807) is 11.1 Å². The molecule has 1 unspecified atom stereocenters. The molecule has 1 aromatic heterocycles. The maximum atomic E-state index is 11.8. The van der Waals surface area contributed by atoms with Gasteiger partial charge in [-0.25, -0.2) is 4.98 Å². The molecule has 0 saturated carbocycles. The molecule has 0 N–H and O–H groups in total. The Bertz CT molecular complexity index is 429. The molecule has 6 heteroatoms. The first-order valence-electron chi connectivity index (χ1n) is 4.84. The molecule has 1 fully saturated rings. The van der Waals surface area contributed by atoms with Gasteiger partial charge in [0.15, 0.2) is 0 Å². The topological polar surface area (TPSA) is 33.2 Å². The summed E-state index contributed by atoms with van der Waals surface area (Å²) in [7, 11) is 0. The molecular weight excluding hydrogens is 312 g/mol. The number of aromatic nitrogens is 1. The summed E-state index contributed by atoms with van der Waals surface area (Å²) in [6.07, 6.45) is 2.18. The standard InChI is InChI=1S/C10H10BrClN2OS/c11-8-2-7(3-13-10(8)12)14-4-6(5-16)1-9(14)15/h2-3,6,16H,1,4-5H2. The van der Waals surface area contributed by atoms with Crippen molar-refractivity contribution in [2.75, 3.05) is 17.2 Å². The highest BCUT2D eigenvalue weighted by Crippen LogP contribution is 2.29. The number of halogens is 2. The van der Waals surface area contributed by atoms with Crippen LogP contribution in [0.2, 0.25) is 5.15 Å². The Hall–Kier alpha value is -0.260. The van der Waals surface area contributed by atoms with Gasteiger partial charge in [-0.15, -0.1) is 0 Å². The van der Waals surface area contributed by atoms with Crippen molar-refractivity contribution in [1.82, 2.24) is 4.98 Å². The molecule has 0 aromatic carbocycles. The van der Waals surface area contributed by atoms with E-state index < -0.39 is 0 Å². The Morgan fingerprint density at radius 1 is 1.69 bits per heavy atom. The average Bonchev–Trinajstić information content (AvgIpc) is 2.64. The highest BCUT2D eigenvalue weighted by molar-refractivity contribution is 9.10. The fourth-order valence-corrected chi connectivity index (χ4v) is 2.40. The number of anilines is 1. The second-order valence-corrected chi connectivity index (χ2v) is 5.30. The molecule has 0 bridgehead atoms. The predicted molar refractivity (Wildman–Crippen MR) is 71.3 cm³/mol. The van der Waals surface area contributed by atoms with Crippen LogP contribution in [0.15, 0.2) is 16.7 Å². The van der Waals surface area contributed by atoms with Gasteiger partial charge < -0.3 is 4.90 Å². The Labute approximate surface area is 113 Å². The Kier molecular flexibility index (Phi) is 3.77. The quantitative estimate of drug-likeness (QED) is 0.671. The zero-order valence-electron chi connectivity index (χ0n) is 8.36. The van der Waals surface area contributed by atoms with Gasteiger partial charge in [-0.3, -0.25) is 4.79 Å². The molecule has 1 atom stereocenters. The van der Waals surface area contributed by atoms with Gasteiger partial charge >= 0.3 is 0 Å². The molecule has 0 aliphatic carbocycles. The van der Waals surface area contributed by atoms with Gasteiger partial charge in [-0.2, -0.15) is 12.6 Å². The summed E-state index contributed by atoms with van der Waals surface area (Å²) in [5.74, 6) is 1.17. The number of carbonyl (C=O) groups is 1. The third-order valence-corrected chi connectivity index (χ3v) is 4.21. The zero-order valence-corrected chi connectivity index (χ0v) is 11.6. The van der Waals surface area contributed by atoms with Crippen molar-refractivity contribution < 1.29 is 4.79 Å². The summed E-state index contributed by atoms with van der Waals surface area (Å²) in [6.45, 7) is 0.706. The molecular formula is C10H10BrClN2OS. The van der Waals surface area contributed by atoms with Crippen molar-refractivity contribution in [2.24, 2.45) is 5.92 Å². The first-order valence-corrected chi connectivity index (χ1v) is 6.64. The summed E-state index contributed by atoms with van der Waals surface area (Å²) >= 11 is 13.3. The number of carbonyl (C=O) groups excluding carboxylic acids is 1. The van der Waals surface area contributed by atoms with E-state index in [9.17, 15) is 4.79 Å². The number of thiol groups is 1. The maximum absolute atomic E-state index is 11.8. The van der Waals surface area contributed by atoms with Crippen LogP contribution in [0, 0.1) is 5.92 Å². The van der Waals surface area contributed by atoms with Crippen LogP contribution < -0.4 is 4.90 Å². The number of rotatable bonds is 2. The second kappa shape index (κ2) is 4.94. The second-order valence-electron chi connectivity index (χ2n) is 3.72. The van der Waals surface area contributed by atoms with Crippen molar-refractivity contribution >= 4 is 51.8 Å². The van der Waals surface area contributed by atoms with Gasteiger partial charge in [-0.05, 0) is 33.7 Å². The van der Waals surface area contributed by atoms with Gasteiger partial charge in [-0.1, -0.05) is 11.6 Å². The van der Waals surface area contributed by atoms with E-state index in [0.717, 1.165) is 11.4 Å². The van der Waals surface area contributed by atoms with Crippen molar-refractivity contribution in [3.63, 3.8) is 0 Å². The molecule has 3 nitrogen and oxygen atoms in total. The lowest BCUT2D eigenvalue weighted by molar-refractivity contribution is -0.117. The van der Waals surface area contributed by atoms with Gasteiger partial charge in [0, 0.05) is 13.0 Å². The lowest BCUT2D eigenvalue weighted by Gasteiger charge is -2.16. The minimum Gasteiger partial charge on any atom is -0.311 e.